The van der Waals surface area contributed by atoms with E-state index in [0.717, 1.165) is 6.92 Å². The number of halogens is 12. The molecule has 0 bridgehead atoms. The summed E-state index contributed by atoms with van der Waals surface area (Å²) in [4.78, 5) is 22.8. The number of rotatable bonds is 8. The van der Waals surface area contributed by atoms with Crippen LogP contribution in [-0.4, -0.2) is 49.9 Å². The highest BCUT2D eigenvalue weighted by Gasteiger charge is 2.57. The van der Waals surface area contributed by atoms with Gasteiger partial charge in [0.2, 0.25) is 0 Å². The molecule has 0 aliphatic heterocycles. The summed E-state index contributed by atoms with van der Waals surface area (Å²) in [6.45, 7) is -1.90. The summed E-state index contributed by atoms with van der Waals surface area (Å²) >= 11 is 0. The molecule has 0 saturated carbocycles. The lowest BCUT2D eigenvalue weighted by molar-refractivity contribution is -0.288. The molecule has 0 N–H and O–H groups in total. The van der Waals surface area contributed by atoms with Crippen LogP contribution in [0, 0.1) is 11.8 Å². The van der Waals surface area contributed by atoms with Gasteiger partial charge >= 0.3 is 36.6 Å². The number of carbonyl (C=O) groups excluding carboxylic acids is 2. The average molecular weight is 486 g/mol. The van der Waals surface area contributed by atoms with Crippen molar-refractivity contribution in [1.29, 1.82) is 0 Å². The fraction of sp³-hybridized carbons (Fsp3) is 0.733. The zero-order valence-electron chi connectivity index (χ0n) is 15.2. The first kappa shape index (κ1) is 28.8. The largest absolute Gasteiger partial charge is 0.462 e. The second kappa shape index (κ2) is 10.4. The Morgan fingerprint density at radius 3 is 1.32 bits per heavy atom. The fourth-order valence-corrected chi connectivity index (χ4v) is 1.96. The van der Waals surface area contributed by atoms with Crippen LogP contribution < -0.4 is 0 Å². The molecule has 0 aliphatic rings. The van der Waals surface area contributed by atoms with E-state index in [1.54, 1.807) is 0 Å². The molecule has 0 aliphatic carbocycles. The highest BCUT2D eigenvalue weighted by atomic mass is 19.4. The lowest BCUT2D eigenvalue weighted by Crippen LogP contribution is -2.37. The molecule has 4 nitrogen and oxygen atoms in total. The molecule has 0 rings (SSSR count). The maximum Gasteiger partial charge on any atom is 0.400 e. The highest BCUT2D eigenvalue weighted by Crippen LogP contribution is 2.42. The summed E-state index contributed by atoms with van der Waals surface area (Å²) < 4.78 is 156. The molecule has 31 heavy (non-hydrogen) atoms. The topological polar surface area (TPSA) is 52.6 Å². The summed E-state index contributed by atoms with van der Waals surface area (Å²) in [6, 6.07) is 0. The first-order chi connectivity index (χ1) is 13.7. The Morgan fingerprint density at radius 2 is 1.00 bits per heavy atom. The van der Waals surface area contributed by atoms with Gasteiger partial charge < -0.3 is 9.47 Å². The van der Waals surface area contributed by atoms with Crippen molar-refractivity contribution in [3.63, 3.8) is 0 Å². The standard InChI is InChI=1S/C15H14F12O4/c1-7(11(29)31-5-3-9(14(22,23)24)15(25,26)27)6-10(28)30-4-2-8(12(16,17)18)13(19,20)21/h6,8-9H,2-5H2,1H3/b7-6-. The molecule has 0 amide bonds. The van der Waals surface area contributed by atoms with Crippen LogP contribution in [0.3, 0.4) is 0 Å². The molecule has 0 unspecified atom stereocenters. The van der Waals surface area contributed by atoms with Gasteiger partial charge in [0.05, 0.1) is 13.2 Å². The minimum atomic E-state index is -5.66. The van der Waals surface area contributed by atoms with E-state index in [2.05, 4.69) is 9.47 Å². The predicted molar refractivity (Wildman–Crippen MR) is 76.1 cm³/mol. The van der Waals surface area contributed by atoms with E-state index in [-0.39, 0.29) is 6.08 Å². The molecule has 0 aromatic heterocycles. The molecule has 0 radical (unpaired) electrons. The Hall–Kier alpha value is -2.16. The van der Waals surface area contributed by atoms with Crippen LogP contribution in [-0.2, 0) is 19.1 Å². The summed E-state index contributed by atoms with van der Waals surface area (Å²) in [5, 5.41) is 0. The van der Waals surface area contributed by atoms with Gasteiger partial charge in [-0.25, -0.2) is 9.59 Å². The first-order valence-electron chi connectivity index (χ1n) is 7.96. The van der Waals surface area contributed by atoms with E-state index in [1.807, 2.05) is 0 Å². The monoisotopic (exact) mass is 486 g/mol. The fourth-order valence-electron chi connectivity index (χ4n) is 1.96. The van der Waals surface area contributed by atoms with Crippen LogP contribution in [0.5, 0.6) is 0 Å². The van der Waals surface area contributed by atoms with Gasteiger partial charge in [0.15, 0.2) is 11.8 Å². The maximum absolute atomic E-state index is 12.3. The molecule has 182 valence electrons. The van der Waals surface area contributed by atoms with Gasteiger partial charge in [0.25, 0.3) is 0 Å². The molecule has 0 heterocycles. The van der Waals surface area contributed by atoms with Crippen molar-refractivity contribution in [1.82, 2.24) is 0 Å². The van der Waals surface area contributed by atoms with Crippen LogP contribution in [0.4, 0.5) is 52.7 Å². The second-order valence-corrected chi connectivity index (χ2v) is 5.98. The Bertz CT molecular complexity index is 614. The van der Waals surface area contributed by atoms with E-state index in [4.69, 9.17) is 0 Å². The second-order valence-electron chi connectivity index (χ2n) is 5.98. The molecule has 0 atom stereocenters. The molecule has 0 saturated heterocycles. The van der Waals surface area contributed by atoms with Gasteiger partial charge in [-0.2, -0.15) is 52.7 Å². The van der Waals surface area contributed by atoms with Crippen molar-refractivity contribution in [3.05, 3.63) is 11.6 Å². The third kappa shape index (κ3) is 10.6. The summed E-state index contributed by atoms with van der Waals surface area (Å²) in [5.74, 6) is -10.7. The summed E-state index contributed by atoms with van der Waals surface area (Å²) in [6.07, 6.45) is -25.8. The van der Waals surface area contributed by atoms with E-state index < -0.39 is 80.1 Å². The quantitative estimate of drug-likeness (QED) is 0.266. The lowest BCUT2D eigenvalue weighted by atomic mass is 10.1. The van der Waals surface area contributed by atoms with Crippen LogP contribution in [0.2, 0.25) is 0 Å². The lowest BCUT2D eigenvalue weighted by Gasteiger charge is -2.22. The highest BCUT2D eigenvalue weighted by molar-refractivity contribution is 5.95. The third-order valence-electron chi connectivity index (χ3n) is 3.53. The SMILES string of the molecule is C/C(=C/C(=O)OCCC(C(F)(F)F)C(F)(F)F)C(=O)OCCC(C(F)(F)F)C(F)(F)F. The zero-order chi connectivity index (χ0) is 24.8. The van der Waals surface area contributed by atoms with Crippen molar-refractivity contribution in [2.24, 2.45) is 11.8 Å². The van der Waals surface area contributed by atoms with E-state index in [9.17, 15) is 62.3 Å². The Kier molecular flexibility index (Phi) is 9.71. The average Bonchev–Trinajstić information content (AvgIpc) is 2.50. The third-order valence-corrected chi connectivity index (χ3v) is 3.53. The first-order valence-corrected chi connectivity index (χ1v) is 7.96. The summed E-state index contributed by atoms with van der Waals surface area (Å²) in [5.41, 5.74) is -0.733. The van der Waals surface area contributed by atoms with Gasteiger partial charge in [-0.1, -0.05) is 0 Å². The summed E-state index contributed by atoms with van der Waals surface area (Å²) in [7, 11) is 0. The van der Waals surface area contributed by atoms with Gasteiger partial charge in [-0.15, -0.1) is 0 Å². The molecule has 0 aromatic rings. The van der Waals surface area contributed by atoms with Crippen LogP contribution in [0.1, 0.15) is 19.8 Å². The van der Waals surface area contributed by atoms with Crippen molar-refractivity contribution in [2.45, 2.75) is 44.5 Å². The van der Waals surface area contributed by atoms with Crippen LogP contribution in [0.15, 0.2) is 11.6 Å². The molecule has 0 spiro atoms. The van der Waals surface area contributed by atoms with E-state index in [0.29, 0.717) is 0 Å². The minimum absolute atomic E-state index is 0.240. The van der Waals surface area contributed by atoms with Gasteiger partial charge in [-0.3, -0.25) is 0 Å². The van der Waals surface area contributed by atoms with Gasteiger partial charge in [-0.05, 0) is 6.92 Å². The molecular weight excluding hydrogens is 472 g/mol. The molecule has 0 fully saturated rings. The van der Waals surface area contributed by atoms with Crippen LogP contribution in [0.25, 0.3) is 0 Å². The number of ether oxygens (including phenoxy) is 2. The van der Waals surface area contributed by atoms with E-state index in [1.165, 1.54) is 0 Å². The number of alkyl halides is 12. The van der Waals surface area contributed by atoms with Gasteiger partial charge in [0.1, 0.15) is 0 Å². The van der Waals surface area contributed by atoms with Gasteiger partial charge in [0, 0.05) is 24.5 Å². The normalized spacial score (nSPS) is 14.2. The van der Waals surface area contributed by atoms with Crippen molar-refractivity contribution in [2.75, 3.05) is 13.2 Å². The number of carbonyl (C=O) groups is 2. The van der Waals surface area contributed by atoms with Crippen molar-refractivity contribution in [3.8, 4) is 0 Å². The van der Waals surface area contributed by atoms with Crippen LogP contribution >= 0.6 is 0 Å². The zero-order valence-corrected chi connectivity index (χ0v) is 15.2. The Balaban J connectivity index is 4.73. The number of hydrogen-bond donors (Lipinski definition) is 0. The maximum atomic E-state index is 12.3. The molecule has 0 aromatic carbocycles. The molecular formula is C15H14F12O4. The van der Waals surface area contributed by atoms with Crippen molar-refractivity contribution < 1.29 is 71.7 Å². The smallest absolute Gasteiger partial charge is 0.400 e. The molecule has 16 heteroatoms. The van der Waals surface area contributed by atoms with Crippen molar-refractivity contribution >= 4 is 11.9 Å². The predicted octanol–water partition coefficient (Wildman–Crippen LogP) is 5.28. The van der Waals surface area contributed by atoms with E-state index >= 15 is 0 Å². The number of esters is 2. The Morgan fingerprint density at radius 1 is 0.677 bits per heavy atom. The number of hydrogen-bond acceptors (Lipinski definition) is 4. The Labute approximate surface area is 166 Å². The minimum Gasteiger partial charge on any atom is -0.462 e.